The van der Waals surface area contributed by atoms with Crippen LogP contribution in [-0.2, 0) is 0 Å². The molecule has 0 bridgehead atoms. The number of rotatable bonds is 4. The highest BCUT2D eigenvalue weighted by Crippen LogP contribution is 2.00. The minimum absolute atomic E-state index is 0.144. The second-order valence-corrected chi connectivity index (χ2v) is 3.80. The molecule has 15 heavy (non-hydrogen) atoms. The zero-order valence-corrected chi connectivity index (χ0v) is 10.1. The second kappa shape index (κ2) is 5.70. The minimum Gasteiger partial charge on any atom is -0.337 e. The number of hydrogen-bond donors (Lipinski definition) is 1. The number of nitrogens with one attached hydrogen (secondary N) is 1. The third-order valence-electron chi connectivity index (χ3n) is 2.02. The van der Waals surface area contributed by atoms with E-state index in [-0.39, 0.29) is 11.5 Å². The summed E-state index contributed by atoms with van der Waals surface area (Å²) in [6.07, 6.45) is 0. The summed E-state index contributed by atoms with van der Waals surface area (Å²) < 4.78 is 0. The SMILES string of the molecule is CCN(CCBr)C(=O)c1cccc(=O)[nH]1. The molecule has 1 N–H and O–H groups in total. The number of aromatic nitrogens is 1. The van der Waals surface area contributed by atoms with E-state index in [2.05, 4.69) is 20.9 Å². The Bertz CT molecular complexity index is 389. The lowest BCUT2D eigenvalue weighted by atomic mass is 10.3. The van der Waals surface area contributed by atoms with E-state index >= 15 is 0 Å². The maximum Gasteiger partial charge on any atom is 0.270 e. The summed E-state index contributed by atoms with van der Waals surface area (Å²) in [6, 6.07) is 4.58. The standard InChI is InChI=1S/C10H13BrN2O2/c1-2-13(7-6-11)10(15)8-4-3-5-9(14)12-8/h3-5H,2,6-7H2,1H3,(H,12,14). The highest BCUT2D eigenvalue weighted by Gasteiger charge is 2.13. The molecule has 4 nitrogen and oxygen atoms in total. The number of carbonyl (C=O) groups is 1. The van der Waals surface area contributed by atoms with Crippen molar-refractivity contribution < 1.29 is 4.79 Å². The molecule has 1 aromatic heterocycles. The Morgan fingerprint density at radius 3 is 2.80 bits per heavy atom. The average Bonchev–Trinajstić information content (AvgIpc) is 2.25. The van der Waals surface area contributed by atoms with Crippen LogP contribution in [0.1, 0.15) is 17.4 Å². The average molecular weight is 273 g/mol. The van der Waals surface area contributed by atoms with Crippen molar-refractivity contribution in [3.8, 4) is 0 Å². The van der Waals surface area contributed by atoms with Gasteiger partial charge in [0.2, 0.25) is 5.56 Å². The predicted octanol–water partition coefficient (Wildman–Crippen LogP) is 1.23. The third-order valence-corrected chi connectivity index (χ3v) is 2.38. The Kier molecular flexibility index (Phi) is 4.55. The van der Waals surface area contributed by atoms with Crippen LogP contribution in [0.15, 0.2) is 23.0 Å². The van der Waals surface area contributed by atoms with Crippen molar-refractivity contribution in [3.05, 3.63) is 34.2 Å². The lowest BCUT2D eigenvalue weighted by molar-refractivity contribution is 0.0769. The highest BCUT2D eigenvalue weighted by atomic mass is 79.9. The summed E-state index contributed by atoms with van der Waals surface area (Å²) >= 11 is 3.28. The number of nitrogens with zero attached hydrogens (tertiary/aromatic N) is 1. The number of carbonyl (C=O) groups excluding carboxylic acids is 1. The molecule has 0 saturated carbocycles. The number of pyridine rings is 1. The maximum absolute atomic E-state index is 11.9. The van der Waals surface area contributed by atoms with Crippen LogP contribution >= 0.6 is 15.9 Å². The van der Waals surface area contributed by atoms with Crippen LogP contribution in [0.2, 0.25) is 0 Å². The third kappa shape index (κ3) is 3.20. The van der Waals surface area contributed by atoms with Gasteiger partial charge in [-0.05, 0) is 13.0 Å². The van der Waals surface area contributed by atoms with Crippen molar-refractivity contribution >= 4 is 21.8 Å². The number of halogens is 1. The van der Waals surface area contributed by atoms with Crippen molar-refractivity contribution in [1.82, 2.24) is 9.88 Å². The minimum atomic E-state index is -0.254. The monoisotopic (exact) mass is 272 g/mol. The normalized spacial score (nSPS) is 10.0. The predicted molar refractivity (Wildman–Crippen MR) is 62.4 cm³/mol. The molecule has 1 rings (SSSR count). The summed E-state index contributed by atoms with van der Waals surface area (Å²) in [5, 5.41) is 0.726. The Balaban J connectivity index is 2.87. The Labute approximate surface area is 96.4 Å². The summed E-state index contributed by atoms with van der Waals surface area (Å²) in [7, 11) is 0. The number of amides is 1. The van der Waals surface area contributed by atoms with Gasteiger partial charge in [0.25, 0.3) is 5.91 Å². The molecule has 0 aliphatic rings. The maximum atomic E-state index is 11.9. The molecule has 1 aromatic rings. The van der Waals surface area contributed by atoms with Crippen LogP contribution in [-0.4, -0.2) is 34.2 Å². The van der Waals surface area contributed by atoms with Crippen LogP contribution in [0.5, 0.6) is 0 Å². The lowest BCUT2D eigenvalue weighted by Crippen LogP contribution is -2.33. The van der Waals surface area contributed by atoms with E-state index < -0.39 is 0 Å². The lowest BCUT2D eigenvalue weighted by Gasteiger charge is -2.19. The molecule has 0 spiro atoms. The molecule has 0 unspecified atom stereocenters. The number of H-pyrrole nitrogens is 1. The molecule has 1 amide bonds. The van der Waals surface area contributed by atoms with Crippen molar-refractivity contribution in [3.63, 3.8) is 0 Å². The molecule has 0 aliphatic carbocycles. The molecule has 0 saturated heterocycles. The molecule has 1 heterocycles. The van der Waals surface area contributed by atoms with Crippen LogP contribution in [0.4, 0.5) is 0 Å². The smallest absolute Gasteiger partial charge is 0.270 e. The quantitative estimate of drug-likeness (QED) is 0.839. The summed E-state index contributed by atoms with van der Waals surface area (Å²) in [6.45, 7) is 3.16. The van der Waals surface area contributed by atoms with Gasteiger partial charge in [-0.15, -0.1) is 0 Å². The topological polar surface area (TPSA) is 53.2 Å². The first-order chi connectivity index (χ1) is 7.19. The van der Waals surface area contributed by atoms with E-state index in [1.807, 2.05) is 6.92 Å². The van der Waals surface area contributed by atoms with Gasteiger partial charge >= 0.3 is 0 Å². The van der Waals surface area contributed by atoms with Crippen LogP contribution in [0.3, 0.4) is 0 Å². The van der Waals surface area contributed by atoms with Gasteiger partial charge < -0.3 is 9.88 Å². The Morgan fingerprint density at radius 2 is 2.27 bits per heavy atom. The summed E-state index contributed by atoms with van der Waals surface area (Å²) in [5.41, 5.74) is 0.0843. The highest BCUT2D eigenvalue weighted by molar-refractivity contribution is 9.09. The van der Waals surface area contributed by atoms with E-state index in [1.165, 1.54) is 6.07 Å². The van der Waals surface area contributed by atoms with E-state index in [9.17, 15) is 9.59 Å². The van der Waals surface area contributed by atoms with Crippen molar-refractivity contribution in [1.29, 1.82) is 0 Å². The van der Waals surface area contributed by atoms with Crippen LogP contribution in [0.25, 0.3) is 0 Å². The second-order valence-electron chi connectivity index (χ2n) is 3.00. The van der Waals surface area contributed by atoms with Gasteiger partial charge in [-0.1, -0.05) is 22.0 Å². The Morgan fingerprint density at radius 1 is 1.53 bits per heavy atom. The molecule has 0 atom stereocenters. The van der Waals surface area contributed by atoms with Crippen molar-refractivity contribution in [2.45, 2.75) is 6.92 Å². The number of hydrogen-bond acceptors (Lipinski definition) is 2. The zero-order valence-electron chi connectivity index (χ0n) is 8.50. The summed E-state index contributed by atoms with van der Waals surface area (Å²) in [4.78, 5) is 27.1. The van der Waals surface area contributed by atoms with Gasteiger partial charge in [0.05, 0.1) is 0 Å². The largest absolute Gasteiger partial charge is 0.337 e. The molecule has 5 heteroatoms. The van der Waals surface area contributed by atoms with Gasteiger partial charge in [-0.3, -0.25) is 9.59 Å². The fourth-order valence-electron chi connectivity index (χ4n) is 1.25. The first-order valence-electron chi connectivity index (χ1n) is 4.73. The number of alkyl halides is 1. The fourth-order valence-corrected chi connectivity index (χ4v) is 1.68. The van der Waals surface area contributed by atoms with Gasteiger partial charge in [-0.2, -0.15) is 0 Å². The zero-order chi connectivity index (χ0) is 11.3. The van der Waals surface area contributed by atoms with E-state index in [0.717, 1.165) is 5.33 Å². The number of aromatic amines is 1. The van der Waals surface area contributed by atoms with E-state index in [4.69, 9.17) is 0 Å². The fraction of sp³-hybridized carbons (Fsp3) is 0.400. The van der Waals surface area contributed by atoms with Gasteiger partial charge in [0, 0.05) is 24.5 Å². The van der Waals surface area contributed by atoms with Gasteiger partial charge in [0.15, 0.2) is 0 Å². The van der Waals surface area contributed by atoms with Crippen molar-refractivity contribution in [2.75, 3.05) is 18.4 Å². The van der Waals surface area contributed by atoms with E-state index in [1.54, 1.807) is 17.0 Å². The molecule has 0 fully saturated rings. The molecule has 0 aliphatic heterocycles. The molecular formula is C10H13BrN2O2. The van der Waals surface area contributed by atoms with Crippen molar-refractivity contribution in [2.24, 2.45) is 0 Å². The molecule has 0 radical (unpaired) electrons. The van der Waals surface area contributed by atoms with E-state index in [0.29, 0.717) is 18.8 Å². The molecule has 0 aromatic carbocycles. The van der Waals surface area contributed by atoms with Crippen LogP contribution in [0, 0.1) is 0 Å². The van der Waals surface area contributed by atoms with Gasteiger partial charge in [-0.25, -0.2) is 0 Å². The summed E-state index contributed by atoms with van der Waals surface area (Å²) in [5.74, 6) is -0.144. The Hall–Kier alpha value is -1.10. The van der Waals surface area contributed by atoms with Gasteiger partial charge in [0.1, 0.15) is 5.69 Å². The van der Waals surface area contributed by atoms with Crippen LogP contribution < -0.4 is 5.56 Å². The molecular weight excluding hydrogens is 260 g/mol. The first kappa shape index (κ1) is 12.0. The first-order valence-corrected chi connectivity index (χ1v) is 5.85. The molecule has 82 valence electrons.